The molecule has 1 heterocycles. The molecule has 1 aliphatic heterocycles. The van der Waals surface area contributed by atoms with Crippen molar-refractivity contribution in [3.05, 3.63) is 0 Å². The van der Waals surface area contributed by atoms with Crippen molar-refractivity contribution in [1.29, 1.82) is 0 Å². The number of hydrogen-bond acceptors (Lipinski definition) is 6. The van der Waals surface area contributed by atoms with Gasteiger partial charge in [0, 0.05) is 30.6 Å². The van der Waals surface area contributed by atoms with Gasteiger partial charge in [0.05, 0.1) is 22.1 Å². The summed E-state index contributed by atoms with van der Waals surface area (Å²) in [7, 11) is -7.43. The van der Waals surface area contributed by atoms with Crippen LogP contribution in [0.2, 0.25) is 0 Å². The fourth-order valence-corrected chi connectivity index (χ4v) is 7.32. The molecule has 0 amide bonds. The molecule has 0 radical (unpaired) electrons. The van der Waals surface area contributed by atoms with Gasteiger partial charge in [0.25, 0.3) is 0 Å². The summed E-state index contributed by atoms with van der Waals surface area (Å²) in [5, 5.41) is 2.86. The zero-order chi connectivity index (χ0) is 17.5. The Morgan fingerprint density at radius 1 is 1.42 bits per heavy atom. The quantitative estimate of drug-likeness (QED) is 0.198. The van der Waals surface area contributed by atoms with Crippen LogP contribution < -0.4 is 34.6 Å². The fourth-order valence-electron chi connectivity index (χ4n) is 2.10. The molecular formula is C11H22Cl2N2NaO5PS2. The second-order valence-corrected chi connectivity index (χ2v) is 10.8. The van der Waals surface area contributed by atoms with Crippen LogP contribution in [0.1, 0.15) is 13.3 Å². The van der Waals surface area contributed by atoms with E-state index in [9.17, 15) is 17.5 Å². The van der Waals surface area contributed by atoms with Crippen molar-refractivity contribution in [1.82, 2.24) is 9.76 Å². The van der Waals surface area contributed by atoms with E-state index in [4.69, 9.17) is 27.7 Å². The maximum absolute atomic E-state index is 12.9. The molecule has 7 nitrogen and oxygen atoms in total. The molecule has 0 aromatic heterocycles. The Hall–Kier alpha value is 1.95. The van der Waals surface area contributed by atoms with Crippen molar-refractivity contribution in [2.45, 2.75) is 18.7 Å². The van der Waals surface area contributed by atoms with Crippen molar-refractivity contribution in [2.24, 2.45) is 5.92 Å². The van der Waals surface area contributed by atoms with Crippen LogP contribution in [0.5, 0.6) is 0 Å². The zero-order valence-electron chi connectivity index (χ0n) is 13.8. The molecule has 0 aromatic carbocycles. The van der Waals surface area contributed by atoms with E-state index in [1.807, 2.05) is 0 Å². The Labute approximate surface area is 180 Å². The molecule has 1 fully saturated rings. The van der Waals surface area contributed by atoms with E-state index in [0.29, 0.717) is 43.6 Å². The van der Waals surface area contributed by atoms with Crippen molar-refractivity contribution >= 4 is 52.8 Å². The van der Waals surface area contributed by atoms with E-state index in [2.05, 4.69) is 5.09 Å². The van der Waals surface area contributed by atoms with Crippen LogP contribution in [0, 0.1) is 5.92 Å². The van der Waals surface area contributed by atoms with Crippen LogP contribution in [-0.2, 0) is 19.2 Å². The molecule has 24 heavy (non-hydrogen) atoms. The number of nitrogens with zero attached hydrogens (tertiary/aromatic N) is 1. The molecule has 138 valence electrons. The Kier molecular flexibility index (Phi) is 13.4. The Morgan fingerprint density at radius 3 is 2.50 bits per heavy atom. The standard InChI is InChI=1S/C11H23Cl2N2O5PS2.Na/c1-10(9-23(17,18)19)8-22-11-2-7-20-21(16,14-11)15(5-3-12)6-4-13;/h10-11H,2-9H2,1H3,(H,14,16)(H,17,18,19);/q;+1/p-1. The van der Waals surface area contributed by atoms with Crippen molar-refractivity contribution < 1.29 is 51.6 Å². The number of nitrogens with one attached hydrogen (secondary N) is 1. The molecule has 0 spiro atoms. The van der Waals surface area contributed by atoms with E-state index in [-0.39, 0.29) is 40.8 Å². The van der Waals surface area contributed by atoms with Gasteiger partial charge in [-0.1, -0.05) is 6.92 Å². The fraction of sp³-hybridized carbons (Fsp3) is 1.00. The summed E-state index contributed by atoms with van der Waals surface area (Å²) >= 11 is 12.9. The smallest absolute Gasteiger partial charge is 0.748 e. The Morgan fingerprint density at radius 2 is 2.00 bits per heavy atom. The van der Waals surface area contributed by atoms with Gasteiger partial charge in [-0.15, -0.1) is 35.0 Å². The summed E-state index contributed by atoms with van der Waals surface area (Å²) < 4.78 is 52.2. The summed E-state index contributed by atoms with van der Waals surface area (Å²) in [5.74, 6) is 0.424. The number of hydrogen-bond donors (Lipinski definition) is 1. The topological polar surface area (TPSA) is 98.8 Å². The first kappa shape index (κ1) is 26.0. The van der Waals surface area contributed by atoms with Gasteiger partial charge in [-0.2, -0.15) is 0 Å². The molecule has 3 atom stereocenters. The molecule has 3 unspecified atom stereocenters. The largest absolute Gasteiger partial charge is 1.00 e. The van der Waals surface area contributed by atoms with Crippen molar-refractivity contribution in [3.63, 3.8) is 0 Å². The second-order valence-electron chi connectivity index (χ2n) is 5.25. The number of thioether (sulfide) groups is 1. The molecule has 0 aromatic rings. The van der Waals surface area contributed by atoms with E-state index in [0.717, 1.165) is 0 Å². The third-order valence-corrected chi connectivity index (χ3v) is 8.40. The molecule has 0 saturated carbocycles. The van der Waals surface area contributed by atoms with Gasteiger partial charge in [-0.25, -0.2) is 18.2 Å². The van der Waals surface area contributed by atoms with Crippen LogP contribution in [0.4, 0.5) is 0 Å². The summed E-state index contributed by atoms with van der Waals surface area (Å²) in [6.45, 7) is 2.81. The summed E-state index contributed by atoms with van der Waals surface area (Å²) in [6, 6.07) is 0. The second kappa shape index (κ2) is 12.4. The van der Waals surface area contributed by atoms with Gasteiger partial charge in [-0.05, 0) is 18.1 Å². The van der Waals surface area contributed by atoms with Crippen LogP contribution in [0.15, 0.2) is 0 Å². The first-order valence-corrected chi connectivity index (χ1v) is 12.4. The molecule has 1 aliphatic rings. The minimum absolute atomic E-state index is 0. The van der Waals surface area contributed by atoms with Gasteiger partial charge in [0.15, 0.2) is 0 Å². The van der Waals surface area contributed by atoms with E-state index < -0.39 is 23.5 Å². The predicted molar refractivity (Wildman–Crippen MR) is 94.3 cm³/mol. The average molecular weight is 451 g/mol. The van der Waals surface area contributed by atoms with Crippen molar-refractivity contribution in [2.75, 3.05) is 43.0 Å². The number of halogens is 2. The monoisotopic (exact) mass is 450 g/mol. The van der Waals surface area contributed by atoms with Crippen LogP contribution in [0.25, 0.3) is 0 Å². The average Bonchev–Trinajstić information content (AvgIpc) is 2.43. The van der Waals surface area contributed by atoms with Gasteiger partial charge < -0.3 is 9.08 Å². The molecule has 1 saturated heterocycles. The molecule has 0 bridgehead atoms. The zero-order valence-corrected chi connectivity index (χ0v) is 19.9. The Bertz CT molecular complexity index is 511. The molecular weight excluding hydrogens is 429 g/mol. The van der Waals surface area contributed by atoms with Gasteiger partial charge in [0.1, 0.15) is 0 Å². The predicted octanol–water partition coefficient (Wildman–Crippen LogP) is -0.871. The van der Waals surface area contributed by atoms with E-state index >= 15 is 0 Å². The molecule has 0 aliphatic carbocycles. The number of rotatable bonds is 10. The third kappa shape index (κ3) is 9.76. The van der Waals surface area contributed by atoms with E-state index in [1.54, 1.807) is 11.6 Å². The van der Waals surface area contributed by atoms with Gasteiger partial charge >= 0.3 is 37.2 Å². The van der Waals surface area contributed by atoms with Crippen molar-refractivity contribution in [3.8, 4) is 0 Å². The maximum Gasteiger partial charge on any atom is 1.00 e. The summed E-state index contributed by atoms with van der Waals surface area (Å²) in [5.41, 5.74) is 0. The van der Waals surface area contributed by atoms with Crippen LogP contribution in [0.3, 0.4) is 0 Å². The minimum Gasteiger partial charge on any atom is -0.748 e. The third-order valence-electron chi connectivity index (χ3n) is 3.08. The molecule has 1 rings (SSSR count). The summed E-state index contributed by atoms with van der Waals surface area (Å²) in [4.78, 5) is 0. The Balaban J connectivity index is 0.00000529. The van der Waals surface area contributed by atoms with E-state index in [1.165, 1.54) is 11.8 Å². The van der Waals surface area contributed by atoms with Crippen LogP contribution in [-0.4, -0.2) is 66.0 Å². The summed E-state index contributed by atoms with van der Waals surface area (Å²) in [6.07, 6.45) is 0.640. The molecule has 13 heteroatoms. The molecule has 1 N–H and O–H groups in total. The minimum atomic E-state index is -4.23. The first-order valence-electron chi connectivity index (χ1n) is 7.15. The SMILES string of the molecule is CC(CSC1CCOP(=O)(N(CCCl)CCCl)N1)CS(=O)(=O)[O-].[Na+]. The normalized spacial score (nSPS) is 26.1. The first-order chi connectivity index (χ1) is 10.7. The van der Waals surface area contributed by atoms with Gasteiger partial charge in [-0.3, -0.25) is 4.57 Å². The van der Waals surface area contributed by atoms with Gasteiger partial charge in [0.2, 0.25) is 0 Å². The van der Waals surface area contributed by atoms with Crippen LogP contribution >= 0.6 is 42.6 Å². The number of alkyl halides is 2. The maximum atomic E-state index is 12.9.